The molecule has 0 aromatic carbocycles. The van der Waals surface area contributed by atoms with Gasteiger partial charge in [0.2, 0.25) is 0 Å². The van der Waals surface area contributed by atoms with E-state index in [1.54, 1.807) is 0 Å². The second kappa shape index (κ2) is 11.3. The largest absolute Gasteiger partial charge is 0.382 e. The number of nitrogens with two attached hydrogens (primary N) is 1. The van der Waals surface area contributed by atoms with Crippen LogP contribution in [0.15, 0.2) is 4.99 Å². The lowest BCUT2D eigenvalue weighted by Crippen LogP contribution is -2.32. The average Bonchev–Trinajstić information content (AvgIpc) is 2.23. The van der Waals surface area contributed by atoms with Gasteiger partial charge in [-0.05, 0) is 26.2 Å². The molecule has 0 saturated carbocycles. The third-order valence-corrected chi connectivity index (χ3v) is 2.02. The van der Waals surface area contributed by atoms with Crippen LogP contribution in [-0.2, 0) is 4.74 Å². The molecule has 0 unspecified atom stereocenters. The summed E-state index contributed by atoms with van der Waals surface area (Å²) in [7, 11) is 0. The van der Waals surface area contributed by atoms with Crippen LogP contribution in [0, 0.1) is 0 Å². The Labute approximate surface area is 93.3 Å². The smallest absolute Gasteiger partial charge is 0.188 e. The highest BCUT2D eigenvalue weighted by atomic mass is 16.5. The number of rotatable bonds is 9. The first kappa shape index (κ1) is 14.2. The van der Waals surface area contributed by atoms with Crippen molar-refractivity contribution in [2.75, 3.05) is 26.3 Å². The first-order chi connectivity index (χ1) is 7.31. The van der Waals surface area contributed by atoms with Gasteiger partial charge in [0.25, 0.3) is 0 Å². The molecule has 0 spiro atoms. The molecule has 15 heavy (non-hydrogen) atoms. The number of guanidine groups is 1. The summed E-state index contributed by atoms with van der Waals surface area (Å²) in [6.45, 7) is 7.50. The van der Waals surface area contributed by atoms with Gasteiger partial charge in [-0.2, -0.15) is 0 Å². The molecule has 0 rings (SSSR count). The molecule has 0 heterocycles. The molecule has 0 saturated heterocycles. The predicted molar refractivity (Wildman–Crippen MR) is 65.1 cm³/mol. The third kappa shape index (κ3) is 11.2. The van der Waals surface area contributed by atoms with Crippen molar-refractivity contribution in [2.24, 2.45) is 10.7 Å². The highest BCUT2D eigenvalue weighted by Crippen LogP contribution is 1.90. The first-order valence-corrected chi connectivity index (χ1v) is 5.92. The fourth-order valence-electron chi connectivity index (χ4n) is 1.11. The van der Waals surface area contributed by atoms with Crippen molar-refractivity contribution in [1.29, 1.82) is 0 Å². The number of hydrogen-bond donors (Lipinski definition) is 2. The second-order valence-corrected chi connectivity index (χ2v) is 3.45. The zero-order valence-electron chi connectivity index (χ0n) is 10.1. The Bertz CT molecular complexity index is 160. The number of hydrogen-bond acceptors (Lipinski definition) is 2. The van der Waals surface area contributed by atoms with E-state index in [1.807, 2.05) is 6.92 Å². The average molecular weight is 215 g/mol. The fraction of sp³-hybridized carbons (Fsp3) is 0.909. The van der Waals surface area contributed by atoms with Crippen molar-refractivity contribution in [3.05, 3.63) is 0 Å². The molecule has 4 nitrogen and oxygen atoms in total. The molecule has 0 aliphatic carbocycles. The number of unbranched alkanes of at least 4 members (excludes halogenated alkanes) is 2. The van der Waals surface area contributed by atoms with Gasteiger partial charge in [0, 0.05) is 26.3 Å². The SMILES string of the molecule is CCCCNC(N)=NCCCCOCC. The van der Waals surface area contributed by atoms with Crippen LogP contribution >= 0.6 is 0 Å². The highest BCUT2D eigenvalue weighted by Gasteiger charge is 1.91. The summed E-state index contributed by atoms with van der Waals surface area (Å²) >= 11 is 0. The molecule has 0 aromatic heterocycles. The molecule has 0 radical (unpaired) electrons. The van der Waals surface area contributed by atoms with Gasteiger partial charge in [0.05, 0.1) is 0 Å². The first-order valence-electron chi connectivity index (χ1n) is 5.92. The van der Waals surface area contributed by atoms with Crippen molar-refractivity contribution < 1.29 is 4.74 Å². The summed E-state index contributed by atoms with van der Waals surface area (Å²) < 4.78 is 5.22. The van der Waals surface area contributed by atoms with Crippen molar-refractivity contribution in [1.82, 2.24) is 5.32 Å². The van der Waals surface area contributed by atoms with Crippen LogP contribution < -0.4 is 11.1 Å². The maximum absolute atomic E-state index is 5.66. The van der Waals surface area contributed by atoms with Crippen LogP contribution in [0.2, 0.25) is 0 Å². The number of aliphatic imine (C=N–C) groups is 1. The minimum absolute atomic E-state index is 0.569. The summed E-state index contributed by atoms with van der Waals surface area (Å²) in [6.07, 6.45) is 4.41. The maximum Gasteiger partial charge on any atom is 0.188 e. The predicted octanol–water partition coefficient (Wildman–Crippen LogP) is 1.51. The van der Waals surface area contributed by atoms with E-state index in [0.29, 0.717) is 5.96 Å². The molecule has 0 atom stereocenters. The molecule has 90 valence electrons. The molecule has 0 fully saturated rings. The van der Waals surface area contributed by atoms with E-state index in [-0.39, 0.29) is 0 Å². The molecule has 3 N–H and O–H groups in total. The van der Waals surface area contributed by atoms with Crippen molar-refractivity contribution in [3.8, 4) is 0 Å². The Hall–Kier alpha value is -0.770. The lowest BCUT2D eigenvalue weighted by Gasteiger charge is -2.04. The molecule has 0 aliphatic heterocycles. The Morgan fingerprint density at radius 2 is 2.07 bits per heavy atom. The van der Waals surface area contributed by atoms with Gasteiger partial charge in [-0.15, -0.1) is 0 Å². The van der Waals surface area contributed by atoms with Gasteiger partial charge in [-0.25, -0.2) is 0 Å². The summed E-state index contributed by atoms with van der Waals surface area (Å²) in [4.78, 5) is 4.22. The quantitative estimate of drug-likeness (QED) is 0.348. The molecule has 0 amide bonds. The molecule has 0 aromatic rings. The van der Waals surface area contributed by atoms with Crippen molar-refractivity contribution in [2.45, 2.75) is 39.5 Å². The minimum Gasteiger partial charge on any atom is -0.382 e. The molecule has 4 heteroatoms. The topological polar surface area (TPSA) is 59.6 Å². The fourth-order valence-corrected chi connectivity index (χ4v) is 1.11. The Kier molecular flexibility index (Phi) is 10.7. The minimum atomic E-state index is 0.569. The Morgan fingerprint density at radius 3 is 2.73 bits per heavy atom. The Morgan fingerprint density at radius 1 is 1.27 bits per heavy atom. The van der Waals surface area contributed by atoms with Gasteiger partial charge in [-0.1, -0.05) is 13.3 Å². The van der Waals surface area contributed by atoms with Crippen LogP contribution in [0.4, 0.5) is 0 Å². The third-order valence-electron chi connectivity index (χ3n) is 2.02. The van der Waals surface area contributed by atoms with E-state index in [2.05, 4.69) is 17.2 Å². The van der Waals surface area contributed by atoms with Crippen molar-refractivity contribution in [3.63, 3.8) is 0 Å². The van der Waals surface area contributed by atoms with E-state index in [9.17, 15) is 0 Å². The van der Waals surface area contributed by atoms with Crippen LogP contribution in [0.1, 0.15) is 39.5 Å². The lowest BCUT2D eigenvalue weighted by atomic mass is 10.3. The highest BCUT2D eigenvalue weighted by molar-refractivity contribution is 5.77. The van der Waals surface area contributed by atoms with Crippen LogP contribution in [0.5, 0.6) is 0 Å². The molecular formula is C11H25N3O. The van der Waals surface area contributed by atoms with Gasteiger partial charge >= 0.3 is 0 Å². The van der Waals surface area contributed by atoms with E-state index < -0.39 is 0 Å². The summed E-state index contributed by atoms with van der Waals surface area (Å²) in [5, 5.41) is 3.08. The molecular weight excluding hydrogens is 190 g/mol. The number of nitrogens with one attached hydrogen (secondary N) is 1. The Balaban J connectivity index is 3.25. The second-order valence-electron chi connectivity index (χ2n) is 3.45. The van der Waals surface area contributed by atoms with E-state index in [4.69, 9.17) is 10.5 Å². The van der Waals surface area contributed by atoms with Crippen molar-refractivity contribution >= 4 is 5.96 Å². The summed E-state index contributed by atoms with van der Waals surface area (Å²) in [5.41, 5.74) is 5.66. The standard InChI is InChI=1S/C11H25N3O/c1-3-5-8-13-11(12)14-9-6-7-10-15-4-2/h3-10H2,1-2H3,(H3,12,13,14). The summed E-state index contributed by atoms with van der Waals surface area (Å²) in [6, 6.07) is 0. The zero-order valence-corrected chi connectivity index (χ0v) is 10.1. The number of nitrogens with zero attached hydrogens (tertiary/aromatic N) is 1. The van der Waals surface area contributed by atoms with Crippen LogP contribution in [0.25, 0.3) is 0 Å². The van der Waals surface area contributed by atoms with E-state index in [0.717, 1.165) is 45.6 Å². The van der Waals surface area contributed by atoms with Gasteiger partial charge < -0.3 is 15.8 Å². The van der Waals surface area contributed by atoms with E-state index >= 15 is 0 Å². The van der Waals surface area contributed by atoms with E-state index in [1.165, 1.54) is 6.42 Å². The summed E-state index contributed by atoms with van der Waals surface area (Å²) in [5.74, 6) is 0.569. The molecule has 0 bridgehead atoms. The lowest BCUT2D eigenvalue weighted by molar-refractivity contribution is 0.144. The van der Waals surface area contributed by atoms with Gasteiger partial charge in [0.1, 0.15) is 0 Å². The monoisotopic (exact) mass is 215 g/mol. The zero-order chi connectivity index (χ0) is 11.4. The van der Waals surface area contributed by atoms with Crippen LogP contribution in [-0.4, -0.2) is 32.3 Å². The van der Waals surface area contributed by atoms with Gasteiger partial charge in [0.15, 0.2) is 5.96 Å². The maximum atomic E-state index is 5.66. The normalized spacial score (nSPS) is 11.7. The number of ether oxygens (including phenoxy) is 1. The van der Waals surface area contributed by atoms with Crippen LogP contribution in [0.3, 0.4) is 0 Å². The van der Waals surface area contributed by atoms with Gasteiger partial charge in [-0.3, -0.25) is 4.99 Å². The molecule has 0 aliphatic rings.